The molecule has 1 atom stereocenters. The van der Waals surface area contributed by atoms with Crippen molar-refractivity contribution in [2.75, 3.05) is 24.6 Å². The molecule has 0 spiro atoms. The zero-order valence-corrected chi connectivity index (χ0v) is 11.7. The SMILES string of the molecule is NC(=O)N[C@@H](CO)Cc1ccccc1N1CCCCC1. The lowest BCUT2D eigenvalue weighted by Crippen LogP contribution is -2.42. The van der Waals surface area contributed by atoms with Gasteiger partial charge in [-0.15, -0.1) is 0 Å². The van der Waals surface area contributed by atoms with E-state index in [1.807, 2.05) is 12.1 Å². The van der Waals surface area contributed by atoms with Crippen molar-refractivity contribution < 1.29 is 9.90 Å². The number of nitrogens with two attached hydrogens (primary N) is 1. The number of aliphatic hydroxyl groups is 1. The fraction of sp³-hybridized carbons (Fsp3) is 0.533. The van der Waals surface area contributed by atoms with Crippen molar-refractivity contribution in [2.24, 2.45) is 5.73 Å². The number of carbonyl (C=O) groups is 1. The van der Waals surface area contributed by atoms with Gasteiger partial charge in [-0.1, -0.05) is 18.2 Å². The summed E-state index contributed by atoms with van der Waals surface area (Å²) in [6, 6.07) is 7.25. The van der Waals surface area contributed by atoms with Gasteiger partial charge in [-0.2, -0.15) is 0 Å². The molecule has 1 aliphatic heterocycles. The largest absolute Gasteiger partial charge is 0.394 e. The Morgan fingerprint density at radius 2 is 2.00 bits per heavy atom. The first-order valence-electron chi connectivity index (χ1n) is 7.20. The van der Waals surface area contributed by atoms with Crippen LogP contribution in [0.2, 0.25) is 0 Å². The van der Waals surface area contributed by atoms with Gasteiger partial charge in [0.1, 0.15) is 0 Å². The van der Waals surface area contributed by atoms with Crippen LogP contribution >= 0.6 is 0 Å². The van der Waals surface area contributed by atoms with E-state index in [9.17, 15) is 9.90 Å². The normalized spacial score (nSPS) is 16.8. The molecule has 0 radical (unpaired) electrons. The second-order valence-corrected chi connectivity index (χ2v) is 5.27. The van der Waals surface area contributed by atoms with Gasteiger partial charge >= 0.3 is 6.03 Å². The van der Waals surface area contributed by atoms with Crippen molar-refractivity contribution in [3.8, 4) is 0 Å². The maximum atomic E-state index is 10.9. The third kappa shape index (κ3) is 3.87. The van der Waals surface area contributed by atoms with Crippen LogP contribution in [0.1, 0.15) is 24.8 Å². The molecule has 1 aromatic carbocycles. The minimum absolute atomic E-state index is 0.114. The van der Waals surface area contributed by atoms with Crippen molar-refractivity contribution in [3.63, 3.8) is 0 Å². The number of para-hydroxylation sites is 1. The van der Waals surface area contributed by atoms with Gasteiger partial charge in [-0.25, -0.2) is 4.79 Å². The summed E-state index contributed by atoms with van der Waals surface area (Å²) in [6.45, 7) is 2.03. The molecule has 1 aliphatic rings. The average Bonchev–Trinajstić information content (AvgIpc) is 2.47. The van der Waals surface area contributed by atoms with Gasteiger partial charge in [0.15, 0.2) is 0 Å². The molecule has 0 unspecified atom stereocenters. The summed E-state index contributed by atoms with van der Waals surface area (Å²) in [4.78, 5) is 13.3. The number of carbonyl (C=O) groups excluding carboxylic acids is 1. The Morgan fingerprint density at radius 1 is 1.30 bits per heavy atom. The van der Waals surface area contributed by atoms with Crippen molar-refractivity contribution in [2.45, 2.75) is 31.7 Å². The lowest BCUT2D eigenvalue weighted by Gasteiger charge is -2.31. The topological polar surface area (TPSA) is 78.6 Å². The number of nitrogens with zero attached hydrogens (tertiary/aromatic N) is 1. The van der Waals surface area contributed by atoms with Crippen LogP contribution in [0.15, 0.2) is 24.3 Å². The Morgan fingerprint density at radius 3 is 2.65 bits per heavy atom. The number of rotatable bonds is 5. The average molecular weight is 277 g/mol. The summed E-state index contributed by atoms with van der Waals surface area (Å²) in [5.74, 6) is 0. The number of piperidine rings is 1. The fourth-order valence-corrected chi connectivity index (χ4v) is 2.75. The van der Waals surface area contributed by atoms with Crippen LogP contribution in [0.3, 0.4) is 0 Å². The highest BCUT2D eigenvalue weighted by Gasteiger charge is 2.17. The second-order valence-electron chi connectivity index (χ2n) is 5.27. The smallest absolute Gasteiger partial charge is 0.312 e. The molecule has 2 amide bonds. The molecular formula is C15H23N3O2. The van der Waals surface area contributed by atoms with Crippen molar-refractivity contribution in [3.05, 3.63) is 29.8 Å². The van der Waals surface area contributed by atoms with Crippen LogP contribution in [0.4, 0.5) is 10.5 Å². The molecule has 20 heavy (non-hydrogen) atoms. The number of nitrogens with one attached hydrogen (secondary N) is 1. The number of hydrogen-bond acceptors (Lipinski definition) is 3. The van der Waals surface area contributed by atoms with Crippen molar-refractivity contribution in [1.29, 1.82) is 0 Å². The lowest BCUT2D eigenvalue weighted by molar-refractivity contribution is 0.222. The number of benzene rings is 1. The van der Waals surface area contributed by atoms with E-state index in [0.717, 1.165) is 18.7 Å². The molecule has 1 heterocycles. The zero-order chi connectivity index (χ0) is 14.4. The van der Waals surface area contributed by atoms with E-state index < -0.39 is 6.03 Å². The summed E-state index contributed by atoms with van der Waals surface area (Å²) in [7, 11) is 0. The minimum atomic E-state index is -0.598. The highest BCUT2D eigenvalue weighted by atomic mass is 16.3. The van der Waals surface area contributed by atoms with E-state index in [-0.39, 0.29) is 12.6 Å². The molecule has 1 saturated heterocycles. The molecule has 4 N–H and O–H groups in total. The van der Waals surface area contributed by atoms with Gasteiger partial charge in [0.2, 0.25) is 0 Å². The molecule has 110 valence electrons. The Kier molecular flexibility index (Phi) is 5.24. The van der Waals surface area contributed by atoms with E-state index in [2.05, 4.69) is 22.3 Å². The first-order valence-corrected chi connectivity index (χ1v) is 7.20. The zero-order valence-electron chi connectivity index (χ0n) is 11.7. The predicted molar refractivity (Wildman–Crippen MR) is 79.8 cm³/mol. The maximum absolute atomic E-state index is 10.9. The number of hydrogen-bond donors (Lipinski definition) is 3. The molecule has 5 heteroatoms. The van der Waals surface area contributed by atoms with Gasteiger partial charge in [0.25, 0.3) is 0 Å². The van der Waals surface area contributed by atoms with Crippen LogP contribution in [-0.2, 0) is 6.42 Å². The van der Waals surface area contributed by atoms with Crippen molar-refractivity contribution in [1.82, 2.24) is 5.32 Å². The highest BCUT2D eigenvalue weighted by molar-refractivity contribution is 5.72. The number of primary amides is 1. The minimum Gasteiger partial charge on any atom is -0.394 e. The van der Waals surface area contributed by atoms with E-state index in [1.165, 1.54) is 24.9 Å². The van der Waals surface area contributed by atoms with E-state index >= 15 is 0 Å². The third-order valence-corrected chi connectivity index (χ3v) is 3.72. The summed E-state index contributed by atoms with van der Waals surface area (Å²) < 4.78 is 0. The van der Waals surface area contributed by atoms with Gasteiger partial charge in [0.05, 0.1) is 12.6 Å². The molecule has 2 rings (SSSR count). The standard InChI is InChI=1S/C15H23N3O2/c16-15(20)17-13(11-19)10-12-6-2-3-7-14(12)18-8-4-1-5-9-18/h2-3,6-7,13,19H,1,4-5,8-11H2,(H3,16,17,20)/t13-/m1/s1. The van der Waals surface area contributed by atoms with E-state index in [0.29, 0.717) is 6.42 Å². The van der Waals surface area contributed by atoms with Crippen LogP contribution in [0.25, 0.3) is 0 Å². The summed E-state index contributed by atoms with van der Waals surface area (Å²) in [6.07, 6.45) is 4.32. The molecular weight excluding hydrogens is 254 g/mol. The monoisotopic (exact) mass is 277 g/mol. The van der Waals surface area contributed by atoms with E-state index in [1.54, 1.807) is 0 Å². The summed E-state index contributed by atoms with van der Waals surface area (Å²) in [5.41, 5.74) is 7.48. The fourth-order valence-electron chi connectivity index (χ4n) is 2.75. The first-order chi connectivity index (χ1) is 9.70. The maximum Gasteiger partial charge on any atom is 0.312 e. The molecule has 0 bridgehead atoms. The van der Waals surface area contributed by atoms with Crippen LogP contribution in [0, 0.1) is 0 Å². The quantitative estimate of drug-likeness (QED) is 0.758. The van der Waals surface area contributed by atoms with Crippen molar-refractivity contribution >= 4 is 11.7 Å². The van der Waals surface area contributed by atoms with Crippen LogP contribution < -0.4 is 16.0 Å². The second kappa shape index (κ2) is 7.14. The number of amides is 2. The van der Waals surface area contributed by atoms with E-state index in [4.69, 9.17) is 5.73 Å². The lowest BCUT2D eigenvalue weighted by atomic mass is 10.0. The number of aliphatic hydroxyl groups excluding tert-OH is 1. The number of urea groups is 1. The molecule has 0 aliphatic carbocycles. The van der Waals surface area contributed by atoms with Crippen LogP contribution in [0.5, 0.6) is 0 Å². The Hall–Kier alpha value is -1.75. The number of anilines is 1. The molecule has 5 nitrogen and oxygen atoms in total. The molecule has 1 fully saturated rings. The molecule has 1 aromatic rings. The predicted octanol–water partition coefficient (Wildman–Crippen LogP) is 1.25. The van der Waals surface area contributed by atoms with Gasteiger partial charge in [0, 0.05) is 18.8 Å². The molecule has 0 aromatic heterocycles. The highest BCUT2D eigenvalue weighted by Crippen LogP contribution is 2.25. The molecule has 0 saturated carbocycles. The summed E-state index contributed by atoms with van der Waals surface area (Å²) in [5, 5.41) is 11.9. The Labute approximate surface area is 119 Å². The third-order valence-electron chi connectivity index (χ3n) is 3.72. The Bertz CT molecular complexity index is 444. The first kappa shape index (κ1) is 14.7. The summed E-state index contributed by atoms with van der Waals surface area (Å²) >= 11 is 0. The van der Waals surface area contributed by atoms with Gasteiger partial charge in [-0.3, -0.25) is 0 Å². The van der Waals surface area contributed by atoms with Crippen LogP contribution in [-0.4, -0.2) is 36.9 Å². The van der Waals surface area contributed by atoms with Gasteiger partial charge < -0.3 is 21.1 Å². The van der Waals surface area contributed by atoms with Gasteiger partial charge in [-0.05, 0) is 37.3 Å². The Balaban J connectivity index is 2.12.